The van der Waals surface area contributed by atoms with Crippen LogP contribution in [0, 0.1) is 20.2 Å². The molecule has 2 aromatic rings. The third-order valence-electron chi connectivity index (χ3n) is 3.58. The molecule has 0 N–H and O–H groups in total. The summed E-state index contributed by atoms with van der Waals surface area (Å²) in [6, 6.07) is 10.5. The molecule has 0 aliphatic carbocycles. The first kappa shape index (κ1) is 18.2. The largest absolute Gasteiger partial charge is 0.281 e. The highest BCUT2D eigenvalue weighted by Gasteiger charge is 2.29. The zero-order chi connectivity index (χ0) is 19.6. The summed E-state index contributed by atoms with van der Waals surface area (Å²) in [5.41, 5.74) is 0.139. The first-order valence-electron chi connectivity index (χ1n) is 7.45. The number of nitrogens with zero attached hydrogens (tertiary/aromatic N) is 4. The third-order valence-corrected chi connectivity index (χ3v) is 4.56. The molecular weight excluding hydrogens is 376 g/mol. The fourth-order valence-corrected chi connectivity index (χ4v) is 3.08. The normalized spacial score (nSPS) is 13.9. The lowest BCUT2D eigenvalue weighted by Gasteiger charge is -2.21. The van der Waals surface area contributed by atoms with Gasteiger partial charge in [-0.15, -0.1) is 0 Å². The number of carbonyl (C=O) groups excluding carboxylic acids is 2. The van der Waals surface area contributed by atoms with Crippen molar-refractivity contribution in [2.75, 3.05) is 5.75 Å². The molecule has 0 aromatic heterocycles. The molecule has 0 bridgehead atoms. The Morgan fingerprint density at radius 1 is 1.04 bits per heavy atom. The van der Waals surface area contributed by atoms with Crippen LogP contribution in [0.25, 0.3) is 0 Å². The summed E-state index contributed by atoms with van der Waals surface area (Å²) in [5, 5.41) is 26.6. The van der Waals surface area contributed by atoms with Crippen LogP contribution >= 0.6 is 11.8 Å². The first-order valence-corrected chi connectivity index (χ1v) is 8.43. The Kier molecular flexibility index (Phi) is 4.94. The quantitative estimate of drug-likeness (QED) is 0.447. The van der Waals surface area contributed by atoms with Gasteiger partial charge in [-0.05, 0) is 12.1 Å². The molecule has 0 saturated heterocycles. The highest BCUT2D eigenvalue weighted by atomic mass is 32.2. The molecule has 0 spiro atoms. The third kappa shape index (κ3) is 3.82. The predicted molar refractivity (Wildman–Crippen MR) is 96.4 cm³/mol. The minimum atomic E-state index is -0.738. The van der Waals surface area contributed by atoms with Crippen molar-refractivity contribution < 1.29 is 19.4 Å². The van der Waals surface area contributed by atoms with E-state index in [1.807, 2.05) is 0 Å². The highest BCUT2D eigenvalue weighted by Crippen LogP contribution is 2.24. The van der Waals surface area contributed by atoms with Gasteiger partial charge in [0.15, 0.2) is 0 Å². The van der Waals surface area contributed by atoms with E-state index in [1.165, 1.54) is 30.3 Å². The molecule has 0 saturated carbocycles. The topological polar surface area (TPSA) is 136 Å². The Morgan fingerprint density at radius 2 is 1.70 bits per heavy atom. The van der Waals surface area contributed by atoms with Gasteiger partial charge in [-0.25, -0.2) is 0 Å². The predicted octanol–water partition coefficient (Wildman–Crippen LogP) is 2.58. The Balaban J connectivity index is 1.92. The summed E-state index contributed by atoms with van der Waals surface area (Å²) in [7, 11) is 0. The molecule has 3 rings (SSSR count). The van der Waals surface area contributed by atoms with Crippen molar-refractivity contribution in [3.8, 4) is 0 Å². The molecule has 2 amide bonds. The standard InChI is InChI=1S/C16H10N4O6S/c21-14-9-27-15(11-2-1-3-13(8-11)20(25)26)17-18(14)16(22)10-4-6-12(7-5-10)19(23)24/h1-8H,9H2. The van der Waals surface area contributed by atoms with E-state index < -0.39 is 21.7 Å². The Labute approximate surface area is 155 Å². The molecule has 0 atom stereocenters. The average molecular weight is 386 g/mol. The molecule has 27 heavy (non-hydrogen) atoms. The van der Waals surface area contributed by atoms with E-state index in [9.17, 15) is 29.8 Å². The van der Waals surface area contributed by atoms with E-state index in [-0.39, 0.29) is 27.7 Å². The van der Waals surface area contributed by atoms with Gasteiger partial charge < -0.3 is 0 Å². The lowest BCUT2D eigenvalue weighted by molar-refractivity contribution is -0.385. The second kappa shape index (κ2) is 7.33. The zero-order valence-corrected chi connectivity index (χ0v) is 14.3. The van der Waals surface area contributed by atoms with Crippen molar-refractivity contribution in [3.63, 3.8) is 0 Å². The lowest BCUT2D eigenvalue weighted by Crippen LogP contribution is -2.37. The summed E-state index contributed by atoms with van der Waals surface area (Å²) >= 11 is 1.06. The molecule has 2 aromatic carbocycles. The van der Waals surface area contributed by atoms with Crippen LogP contribution in [0.15, 0.2) is 53.6 Å². The molecule has 10 nitrogen and oxygen atoms in total. The molecule has 0 fully saturated rings. The number of thioether (sulfide) groups is 1. The smallest absolute Gasteiger partial charge is 0.271 e. The number of nitro benzene ring substituents is 2. The summed E-state index contributed by atoms with van der Waals surface area (Å²) in [4.78, 5) is 45.1. The van der Waals surface area contributed by atoms with Gasteiger partial charge in [0.2, 0.25) is 0 Å². The number of non-ortho nitro benzene ring substituents is 2. The minimum Gasteiger partial charge on any atom is -0.271 e. The van der Waals surface area contributed by atoms with Crippen LogP contribution in [0.1, 0.15) is 15.9 Å². The van der Waals surface area contributed by atoms with Gasteiger partial charge in [0, 0.05) is 35.4 Å². The van der Waals surface area contributed by atoms with Gasteiger partial charge in [0.25, 0.3) is 23.2 Å². The number of hydrogen-bond donors (Lipinski definition) is 0. The second-order valence-corrected chi connectivity index (χ2v) is 6.28. The van der Waals surface area contributed by atoms with Gasteiger partial charge in [0.1, 0.15) is 5.04 Å². The van der Waals surface area contributed by atoms with Crippen LogP contribution in [-0.2, 0) is 4.79 Å². The number of benzene rings is 2. The van der Waals surface area contributed by atoms with Gasteiger partial charge >= 0.3 is 0 Å². The maximum atomic E-state index is 12.6. The lowest BCUT2D eigenvalue weighted by atomic mass is 10.2. The van der Waals surface area contributed by atoms with Crippen LogP contribution in [-0.4, -0.2) is 37.5 Å². The Hall–Kier alpha value is -3.60. The van der Waals surface area contributed by atoms with Crippen molar-refractivity contribution in [2.45, 2.75) is 0 Å². The second-order valence-electron chi connectivity index (χ2n) is 5.32. The van der Waals surface area contributed by atoms with Crippen molar-refractivity contribution in [2.24, 2.45) is 5.10 Å². The van der Waals surface area contributed by atoms with Crippen LogP contribution in [0.5, 0.6) is 0 Å². The SMILES string of the molecule is O=C1CSC(c2cccc([N+](=O)[O-])c2)=NN1C(=O)c1ccc([N+](=O)[O-])cc1. The van der Waals surface area contributed by atoms with Crippen molar-refractivity contribution in [1.29, 1.82) is 0 Å². The van der Waals surface area contributed by atoms with E-state index in [0.717, 1.165) is 23.9 Å². The zero-order valence-electron chi connectivity index (χ0n) is 13.5. The molecule has 0 radical (unpaired) electrons. The molecule has 136 valence electrons. The first-order chi connectivity index (χ1) is 12.9. The van der Waals surface area contributed by atoms with Gasteiger partial charge in [-0.3, -0.25) is 29.8 Å². The molecule has 11 heteroatoms. The van der Waals surface area contributed by atoms with Crippen LogP contribution in [0.4, 0.5) is 11.4 Å². The molecule has 1 aliphatic rings. The van der Waals surface area contributed by atoms with Crippen molar-refractivity contribution in [1.82, 2.24) is 5.01 Å². The van der Waals surface area contributed by atoms with Crippen molar-refractivity contribution in [3.05, 3.63) is 79.9 Å². The molecule has 1 heterocycles. The van der Waals surface area contributed by atoms with E-state index in [2.05, 4.69) is 5.10 Å². The number of carbonyl (C=O) groups is 2. The van der Waals surface area contributed by atoms with E-state index in [1.54, 1.807) is 6.07 Å². The number of nitro groups is 2. The molecule has 0 unspecified atom stereocenters. The summed E-state index contributed by atoms with van der Waals surface area (Å²) in [6.07, 6.45) is 0. The Morgan fingerprint density at radius 3 is 2.33 bits per heavy atom. The van der Waals surface area contributed by atoms with E-state index in [4.69, 9.17) is 0 Å². The Bertz CT molecular complexity index is 989. The van der Waals surface area contributed by atoms with Crippen LogP contribution in [0.2, 0.25) is 0 Å². The minimum absolute atomic E-state index is 0.0583. The van der Waals surface area contributed by atoms with Crippen LogP contribution in [0.3, 0.4) is 0 Å². The van der Waals surface area contributed by atoms with Crippen molar-refractivity contribution >= 4 is 40.0 Å². The number of hydrogen-bond acceptors (Lipinski definition) is 8. The monoisotopic (exact) mass is 386 g/mol. The maximum absolute atomic E-state index is 12.6. The van der Waals surface area contributed by atoms with Gasteiger partial charge in [-0.1, -0.05) is 23.9 Å². The summed E-state index contributed by atoms with van der Waals surface area (Å²) < 4.78 is 0. The average Bonchev–Trinajstić information content (AvgIpc) is 2.68. The fourth-order valence-electron chi connectivity index (χ4n) is 2.27. The number of hydrazone groups is 1. The molecule has 1 aliphatic heterocycles. The number of rotatable bonds is 4. The van der Waals surface area contributed by atoms with Gasteiger partial charge in [-0.2, -0.15) is 10.1 Å². The van der Waals surface area contributed by atoms with Crippen LogP contribution < -0.4 is 0 Å². The number of imide groups is 1. The maximum Gasteiger partial charge on any atom is 0.281 e. The van der Waals surface area contributed by atoms with E-state index >= 15 is 0 Å². The highest BCUT2D eigenvalue weighted by molar-refractivity contribution is 8.15. The summed E-state index contributed by atoms with van der Waals surface area (Å²) in [5.74, 6) is -1.36. The number of amides is 2. The van der Waals surface area contributed by atoms with Gasteiger partial charge in [0.05, 0.1) is 15.6 Å². The molecular formula is C16H10N4O6S. The van der Waals surface area contributed by atoms with E-state index in [0.29, 0.717) is 10.6 Å². The fraction of sp³-hybridized carbons (Fsp3) is 0.0625. The summed E-state index contributed by atoms with van der Waals surface area (Å²) in [6.45, 7) is 0.